The lowest BCUT2D eigenvalue weighted by Crippen LogP contribution is -2.04. The van der Waals surface area contributed by atoms with Crippen LogP contribution in [0.5, 0.6) is 0 Å². The Morgan fingerprint density at radius 1 is 1.35 bits per heavy atom. The molecule has 90 valence electrons. The van der Waals surface area contributed by atoms with E-state index >= 15 is 0 Å². The zero-order chi connectivity index (χ0) is 12.4. The summed E-state index contributed by atoms with van der Waals surface area (Å²) in [5, 5.41) is 0.681. The van der Waals surface area contributed by atoms with Crippen LogP contribution in [0.25, 0.3) is 11.3 Å². The molecule has 0 bridgehead atoms. The maximum atomic E-state index is 6.16. The number of benzene rings is 1. The van der Waals surface area contributed by atoms with Crippen molar-refractivity contribution in [3.8, 4) is 11.3 Å². The molecule has 0 aliphatic carbocycles. The van der Waals surface area contributed by atoms with Gasteiger partial charge in [0.05, 0.1) is 5.02 Å². The molecule has 0 amide bonds. The molecule has 0 saturated heterocycles. The van der Waals surface area contributed by atoms with Gasteiger partial charge in [0.1, 0.15) is 17.3 Å². The van der Waals surface area contributed by atoms with Crippen LogP contribution in [-0.2, 0) is 6.54 Å². The smallest absolute Gasteiger partial charge is 0.131 e. The van der Waals surface area contributed by atoms with Gasteiger partial charge in [0.15, 0.2) is 0 Å². The first kappa shape index (κ1) is 12.0. The molecular formula is C13H16ClN3. The highest BCUT2D eigenvalue weighted by atomic mass is 35.5. The van der Waals surface area contributed by atoms with E-state index in [2.05, 4.69) is 11.9 Å². The molecule has 0 unspecified atom stereocenters. The first-order chi connectivity index (χ1) is 8.15. The van der Waals surface area contributed by atoms with E-state index in [1.807, 2.05) is 35.8 Å². The van der Waals surface area contributed by atoms with Crippen LogP contribution in [0.4, 0.5) is 5.82 Å². The minimum atomic E-state index is 0.681. The zero-order valence-electron chi connectivity index (χ0n) is 10.1. The summed E-state index contributed by atoms with van der Waals surface area (Å²) in [6.45, 7) is 4.97. The number of rotatable bonds is 3. The Labute approximate surface area is 106 Å². The lowest BCUT2D eigenvalue weighted by atomic mass is 10.1. The fourth-order valence-corrected chi connectivity index (χ4v) is 2.16. The van der Waals surface area contributed by atoms with E-state index in [0.29, 0.717) is 10.8 Å². The molecule has 0 fully saturated rings. The van der Waals surface area contributed by atoms with Crippen molar-refractivity contribution in [1.82, 2.24) is 9.55 Å². The van der Waals surface area contributed by atoms with Crippen molar-refractivity contribution in [3.63, 3.8) is 0 Å². The van der Waals surface area contributed by atoms with Crippen molar-refractivity contribution in [2.24, 2.45) is 0 Å². The van der Waals surface area contributed by atoms with E-state index in [1.165, 1.54) is 0 Å². The molecule has 1 aromatic heterocycles. The van der Waals surface area contributed by atoms with E-state index in [1.54, 1.807) is 0 Å². The second kappa shape index (κ2) is 4.80. The van der Waals surface area contributed by atoms with Crippen LogP contribution < -0.4 is 5.73 Å². The number of hydrogen-bond acceptors (Lipinski definition) is 2. The molecule has 0 aliphatic rings. The van der Waals surface area contributed by atoms with Gasteiger partial charge in [0, 0.05) is 12.1 Å². The first-order valence-corrected chi connectivity index (χ1v) is 6.10. The van der Waals surface area contributed by atoms with Crippen molar-refractivity contribution in [2.45, 2.75) is 26.8 Å². The molecule has 17 heavy (non-hydrogen) atoms. The molecule has 0 saturated carbocycles. The number of aryl methyl sites for hydroxylation is 1. The number of nitrogens with zero attached hydrogens (tertiary/aromatic N) is 2. The predicted molar refractivity (Wildman–Crippen MR) is 72.1 cm³/mol. The number of imidazole rings is 1. The molecule has 4 heteroatoms. The summed E-state index contributed by atoms with van der Waals surface area (Å²) in [5.41, 5.74) is 7.81. The molecule has 2 rings (SSSR count). The third-order valence-electron chi connectivity index (χ3n) is 2.77. The molecular weight excluding hydrogens is 234 g/mol. The van der Waals surface area contributed by atoms with Gasteiger partial charge in [-0.3, -0.25) is 0 Å². The Kier molecular flexibility index (Phi) is 3.38. The van der Waals surface area contributed by atoms with Gasteiger partial charge in [-0.1, -0.05) is 36.7 Å². The van der Waals surface area contributed by atoms with E-state index in [4.69, 9.17) is 17.3 Å². The van der Waals surface area contributed by atoms with Gasteiger partial charge in [-0.2, -0.15) is 0 Å². The van der Waals surface area contributed by atoms with Crippen LogP contribution >= 0.6 is 11.6 Å². The highest BCUT2D eigenvalue weighted by Gasteiger charge is 2.14. The Balaban J connectivity index is 2.54. The maximum absolute atomic E-state index is 6.16. The second-order valence-corrected chi connectivity index (χ2v) is 4.43. The number of halogens is 1. The van der Waals surface area contributed by atoms with E-state index in [-0.39, 0.29) is 0 Å². The average molecular weight is 250 g/mol. The maximum Gasteiger partial charge on any atom is 0.131 e. The van der Waals surface area contributed by atoms with Gasteiger partial charge >= 0.3 is 0 Å². The van der Waals surface area contributed by atoms with Crippen LogP contribution in [-0.4, -0.2) is 9.55 Å². The number of nitrogen functional groups attached to an aromatic ring is 1. The van der Waals surface area contributed by atoms with Crippen LogP contribution in [0.1, 0.15) is 19.2 Å². The van der Waals surface area contributed by atoms with Crippen molar-refractivity contribution < 1.29 is 0 Å². The SMILES string of the molecule is CCCn1c(C)nc(-c2ccccc2Cl)c1N. The lowest BCUT2D eigenvalue weighted by Gasteiger charge is -2.06. The van der Waals surface area contributed by atoms with Gasteiger partial charge in [0.2, 0.25) is 0 Å². The van der Waals surface area contributed by atoms with Crippen LogP contribution in [0.3, 0.4) is 0 Å². The van der Waals surface area contributed by atoms with Gasteiger partial charge in [0.25, 0.3) is 0 Å². The van der Waals surface area contributed by atoms with Gasteiger partial charge in [-0.25, -0.2) is 4.98 Å². The number of nitrogens with two attached hydrogens (primary N) is 1. The average Bonchev–Trinajstić information content (AvgIpc) is 2.58. The number of aromatic nitrogens is 2. The first-order valence-electron chi connectivity index (χ1n) is 5.72. The summed E-state index contributed by atoms with van der Waals surface area (Å²) in [5.74, 6) is 1.62. The van der Waals surface area contributed by atoms with Gasteiger partial charge < -0.3 is 10.3 Å². The van der Waals surface area contributed by atoms with E-state index in [9.17, 15) is 0 Å². The molecule has 2 N–H and O–H groups in total. The molecule has 2 aromatic rings. The summed E-state index contributed by atoms with van der Waals surface area (Å²) in [7, 11) is 0. The van der Waals surface area contributed by atoms with Crippen molar-refractivity contribution in [2.75, 3.05) is 5.73 Å². The fraction of sp³-hybridized carbons (Fsp3) is 0.308. The summed E-state index contributed by atoms with van der Waals surface area (Å²) in [6.07, 6.45) is 1.03. The third-order valence-corrected chi connectivity index (χ3v) is 3.10. The molecule has 3 nitrogen and oxygen atoms in total. The van der Waals surface area contributed by atoms with Gasteiger partial charge in [-0.05, 0) is 19.4 Å². The largest absolute Gasteiger partial charge is 0.383 e. The second-order valence-electron chi connectivity index (χ2n) is 4.02. The Morgan fingerprint density at radius 3 is 2.71 bits per heavy atom. The minimum absolute atomic E-state index is 0.681. The standard InChI is InChI=1S/C13H16ClN3/c1-3-8-17-9(2)16-12(13(17)15)10-6-4-5-7-11(10)14/h4-7H,3,8,15H2,1-2H3. The quantitative estimate of drug-likeness (QED) is 0.905. The highest BCUT2D eigenvalue weighted by molar-refractivity contribution is 6.33. The molecule has 1 heterocycles. The number of hydrogen-bond donors (Lipinski definition) is 1. The number of anilines is 1. The van der Waals surface area contributed by atoms with Crippen molar-refractivity contribution >= 4 is 17.4 Å². The Morgan fingerprint density at radius 2 is 2.06 bits per heavy atom. The minimum Gasteiger partial charge on any atom is -0.383 e. The lowest BCUT2D eigenvalue weighted by molar-refractivity contribution is 0.665. The Bertz CT molecular complexity index is 531. The van der Waals surface area contributed by atoms with Crippen molar-refractivity contribution in [3.05, 3.63) is 35.1 Å². The summed E-state index contributed by atoms with van der Waals surface area (Å²) >= 11 is 6.16. The van der Waals surface area contributed by atoms with Crippen LogP contribution in [0, 0.1) is 6.92 Å². The summed E-state index contributed by atoms with van der Waals surface area (Å²) < 4.78 is 2.03. The normalized spacial score (nSPS) is 10.8. The third kappa shape index (κ3) is 2.15. The predicted octanol–water partition coefficient (Wildman–Crippen LogP) is 3.50. The fourth-order valence-electron chi connectivity index (χ4n) is 1.94. The summed E-state index contributed by atoms with van der Waals surface area (Å²) in [4.78, 5) is 4.51. The van der Waals surface area contributed by atoms with Crippen LogP contribution in [0.15, 0.2) is 24.3 Å². The molecule has 1 aromatic carbocycles. The van der Waals surface area contributed by atoms with E-state index < -0.39 is 0 Å². The monoisotopic (exact) mass is 249 g/mol. The summed E-state index contributed by atoms with van der Waals surface area (Å²) in [6, 6.07) is 7.63. The van der Waals surface area contributed by atoms with Gasteiger partial charge in [-0.15, -0.1) is 0 Å². The molecule has 0 radical (unpaired) electrons. The highest BCUT2D eigenvalue weighted by Crippen LogP contribution is 2.31. The van der Waals surface area contributed by atoms with E-state index in [0.717, 1.165) is 30.0 Å². The zero-order valence-corrected chi connectivity index (χ0v) is 10.8. The molecule has 0 atom stereocenters. The topological polar surface area (TPSA) is 43.8 Å². The Hall–Kier alpha value is -1.48. The van der Waals surface area contributed by atoms with Crippen molar-refractivity contribution in [1.29, 1.82) is 0 Å². The molecule has 0 aliphatic heterocycles. The molecule has 0 spiro atoms. The van der Waals surface area contributed by atoms with Crippen LogP contribution in [0.2, 0.25) is 5.02 Å².